The number of fused-ring (bicyclic) bond motifs is 2. The van der Waals surface area contributed by atoms with Crippen LogP contribution in [0, 0.1) is 0 Å². The first-order valence-electron chi connectivity index (χ1n) is 8.99. The number of ether oxygens (including phenoxy) is 3. The molecule has 0 radical (unpaired) electrons. The maximum absolute atomic E-state index is 12.4. The predicted molar refractivity (Wildman–Crippen MR) is 98.0 cm³/mol. The molecule has 0 saturated heterocycles. The fourth-order valence-electron chi connectivity index (χ4n) is 3.69. The van der Waals surface area contributed by atoms with Gasteiger partial charge in [-0.15, -0.1) is 0 Å². The van der Waals surface area contributed by atoms with Crippen LogP contribution in [0.15, 0.2) is 30.3 Å². The molecule has 1 atom stereocenters. The second kappa shape index (κ2) is 7.90. The third kappa shape index (κ3) is 4.12. The maximum atomic E-state index is 12.4. The molecule has 0 aromatic heterocycles. The second-order valence-electron chi connectivity index (χ2n) is 6.67. The van der Waals surface area contributed by atoms with Gasteiger partial charge in [0.1, 0.15) is 19.0 Å². The number of aryl methyl sites for hydroxylation is 1. The van der Waals surface area contributed by atoms with Crippen molar-refractivity contribution < 1.29 is 23.0 Å². The first kappa shape index (κ1) is 18.3. The molecule has 0 spiro atoms. The molecule has 0 unspecified atom stereocenters. The van der Waals surface area contributed by atoms with Gasteiger partial charge in [0, 0.05) is 12.6 Å². The molecule has 1 aliphatic heterocycles. The lowest BCUT2D eigenvalue weighted by molar-refractivity contribution is -0.0499. The van der Waals surface area contributed by atoms with Crippen LogP contribution in [0.3, 0.4) is 0 Å². The van der Waals surface area contributed by atoms with E-state index in [1.165, 1.54) is 0 Å². The van der Waals surface area contributed by atoms with Crippen molar-refractivity contribution in [2.75, 3.05) is 13.2 Å². The SMILES string of the molecule is FC(F)Oc1ccc2c(c1)CCC[C@H]2NCc1cc(Cl)c2c(c1)OCCO2. The highest BCUT2D eigenvalue weighted by atomic mass is 35.5. The molecule has 2 aromatic rings. The van der Waals surface area contributed by atoms with E-state index in [1.807, 2.05) is 18.2 Å². The average molecular weight is 396 g/mol. The highest BCUT2D eigenvalue weighted by molar-refractivity contribution is 6.32. The van der Waals surface area contributed by atoms with Gasteiger partial charge in [0.05, 0.1) is 5.02 Å². The Kier molecular flexibility index (Phi) is 5.36. The van der Waals surface area contributed by atoms with E-state index >= 15 is 0 Å². The molecule has 1 heterocycles. The standard InChI is InChI=1S/C20H20ClF2NO3/c21-16-8-12(9-18-19(16)26-7-6-25-18)11-24-17-3-1-2-13-10-14(27-20(22)23)4-5-15(13)17/h4-5,8-10,17,20,24H,1-3,6-7,11H2/t17-/m1/s1. The molecule has 2 aliphatic rings. The third-order valence-electron chi connectivity index (χ3n) is 4.86. The van der Waals surface area contributed by atoms with Crippen molar-refractivity contribution in [1.29, 1.82) is 0 Å². The fraction of sp³-hybridized carbons (Fsp3) is 0.400. The Morgan fingerprint density at radius 1 is 1.19 bits per heavy atom. The minimum atomic E-state index is -2.81. The first-order chi connectivity index (χ1) is 13.1. The summed E-state index contributed by atoms with van der Waals surface area (Å²) in [7, 11) is 0. The van der Waals surface area contributed by atoms with E-state index in [1.54, 1.807) is 12.1 Å². The molecule has 2 aromatic carbocycles. The third-order valence-corrected chi connectivity index (χ3v) is 5.14. The lowest BCUT2D eigenvalue weighted by Gasteiger charge is -2.27. The van der Waals surface area contributed by atoms with Crippen LogP contribution >= 0.6 is 11.6 Å². The number of hydrogen-bond acceptors (Lipinski definition) is 4. The van der Waals surface area contributed by atoms with Crippen LogP contribution in [-0.2, 0) is 13.0 Å². The molecule has 0 saturated carbocycles. The summed E-state index contributed by atoms with van der Waals surface area (Å²) < 4.78 is 40.5. The second-order valence-corrected chi connectivity index (χ2v) is 7.07. The van der Waals surface area contributed by atoms with Gasteiger partial charge in [0.25, 0.3) is 0 Å². The number of halogens is 3. The van der Waals surface area contributed by atoms with Crippen LogP contribution in [0.2, 0.25) is 5.02 Å². The van der Waals surface area contributed by atoms with Crippen molar-refractivity contribution in [3.05, 3.63) is 52.0 Å². The predicted octanol–water partition coefficient (Wildman–Crippen LogP) is 4.88. The van der Waals surface area contributed by atoms with Crippen molar-refractivity contribution in [2.45, 2.75) is 38.5 Å². The molecule has 1 aliphatic carbocycles. The van der Waals surface area contributed by atoms with Crippen molar-refractivity contribution in [1.82, 2.24) is 5.32 Å². The summed E-state index contributed by atoms with van der Waals surface area (Å²) in [5, 5.41) is 4.09. The summed E-state index contributed by atoms with van der Waals surface area (Å²) in [6.07, 6.45) is 2.84. The Morgan fingerprint density at radius 3 is 2.89 bits per heavy atom. The van der Waals surface area contributed by atoms with Crippen molar-refractivity contribution >= 4 is 11.6 Å². The molecule has 0 bridgehead atoms. The summed E-state index contributed by atoms with van der Waals surface area (Å²) >= 11 is 6.30. The lowest BCUT2D eigenvalue weighted by Crippen LogP contribution is -2.25. The molecule has 4 rings (SSSR count). The van der Waals surface area contributed by atoms with E-state index in [0.717, 1.165) is 36.0 Å². The van der Waals surface area contributed by atoms with Crippen LogP contribution < -0.4 is 19.5 Å². The van der Waals surface area contributed by atoms with E-state index in [9.17, 15) is 8.78 Å². The minimum Gasteiger partial charge on any atom is -0.486 e. The quantitative estimate of drug-likeness (QED) is 0.783. The summed E-state index contributed by atoms with van der Waals surface area (Å²) in [5.74, 6) is 1.48. The van der Waals surface area contributed by atoms with E-state index in [-0.39, 0.29) is 11.8 Å². The van der Waals surface area contributed by atoms with Crippen LogP contribution in [0.5, 0.6) is 17.2 Å². The minimum absolute atomic E-state index is 0.154. The van der Waals surface area contributed by atoms with E-state index in [2.05, 4.69) is 10.1 Å². The van der Waals surface area contributed by atoms with Crippen molar-refractivity contribution in [3.63, 3.8) is 0 Å². The molecule has 7 heteroatoms. The Labute approximate surface area is 161 Å². The first-order valence-corrected chi connectivity index (χ1v) is 9.37. The largest absolute Gasteiger partial charge is 0.486 e. The zero-order chi connectivity index (χ0) is 18.8. The van der Waals surface area contributed by atoms with Crippen molar-refractivity contribution in [3.8, 4) is 17.2 Å². The molecular formula is C20H20ClF2NO3. The topological polar surface area (TPSA) is 39.7 Å². The number of alkyl halides is 2. The molecule has 27 heavy (non-hydrogen) atoms. The van der Waals surface area contributed by atoms with Gasteiger partial charge >= 0.3 is 6.61 Å². The zero-order valence-electron chi connectivity index (χ0n) is 14.6. The van der Waals surface area contributed by atoms with Gasteiger partial charge in [0.2, 0.25) is 0 Å². The highest BCUT2D eigenvalue weighted by Gasteiger charge is 2.22. The Hall–Kier alpha value is -2.05. The normalized spacial score (nSPS) is 18.3. The van der Waals surface area contributed by atoms with Gasteiger partial charge < -0.3 is 19.5 Å². The summed E-state index contributed by atoms with van der Waals surface area (Å²) in [6, 6.07) is 9.17. The van der Waals surface area contributed by atoms with E-state index in [0.29, 0.717) is 36.3 Å². The molecule has 1 N–H and O–H groups in total. The zero-order valence-corrected chi connectivity index (χ0v) is 15.4. The van der Waals surface area contributed by atoms with Gasteiger partial charge in [0.15, 0.2) is 11.5 Å². The molecule has 0 fully saturated rings. The molecule has 144 valence electrons. The number of rotatable bonds is 5. The van der Waals surface area contributed by atoms with Gasteiger partial charge in [-0.3, -0.25) is 0 Å². The summed E-state index contributed by atoms with van der Waals surface area (Å²) in [4.78, 5) is 0. The van der Waals surface area contributed by atoms with E-state index in [4.69, 9.17) is 21.1 Å². The molecular weight excluding hydrogens is 376 g/mol. The van der Waals surface area contributed by atoms with Crippen LogP contribution in [-0.4, -0.2) is 19.8 Å². The van der Waals surface area contributed by atoms with Gasteiger partial charge in [-0.2, -0.15) is 8.78 Å². The van der Waals surface area contributed by atoms with Gasteiger partial charge in [-0.05, 0) is 60.2 Å². The monoisotopic (exact) mass is 395 g/mol. The number of benzene rings is 2. The molecule has 4 nitrogen and oxygen atoms in total. The Bertz CT molecular complexity index is 831. The Balaban J connectivity index is 1.48. The average Bonchev–Trinajstić information content (AvgIpc) is 2.65. The number of nitrogens with one attached hydrogen (secondary N) is 1. The van der Waals surface area contributed by atoms with E-state index < -0.39 is 6.61 Å². The van der Waals surface area contributed by atoms with Crippen LogP contribution in [0.4, 0.5) is 8.78 Å². The van der Waals surface area contributed by atoms with Crippen molar-refractivity contribution in [2.24, 2.45) is 0 Å². The van der Waals surface area contributed by atoms with Crippen LogP contribution in [0.25, 0.3) is 0 Å². The smallest absolute Gasteiger partial charge is 0.387 e. The van der Waals surface area contributed by atoms with Gasteiger partial charge in [-0.25, -0.2) is 0 Å². The fourth-order valence-corrected chi connectivity index (χ4v) is 3.97. The maximum Gasteiger partial charge on any atom is 0.387 e. The summed E-state index contributed by atoms with van der Waals surface area (Å²) in [5.41, 5.74) is 3.19. The highest BCUT2D eigenvalue weighted by Crippen LogP contribution is 2.39. The van der Waals surface area contributed by atoms with Gasteiger partial charge in [-0.1, -0.05) is 17.7 Å². The van der Waals surface area contributed by atoms with Crippen LogP contribution in [0.1, 0.15) is 35.6 Å². The Morgan fingerprint density at radius 2 is 2.04 bits per heavy atom. The lowest BCUT2D eigenvalue weighted by atomic mass is 9.87. The molecule has 0 amide bonds. The summed E-state index contributed by atoms with van der Waals surface area (Å²) in [6.45, 7) is -1.17. The number of hydrogen-bond donors (Lipinski definition) is 1.